The van der Waals surface area contributed by atoms with Crippen LogP contribution in [0.15, 0.2) is 30.6 Å². The van der Waals surface area contributed by atoms with E-state index in [1.54, 1.807) is 30.6 Å². The van der Waals surface area contributed by atoms with Crippen LogP contribution in [0.3, 0.4) is 0 Å². The Bertz CT molecular complexity index is 710. The molecule has 2 aromatic rings. The first-order chi connectivity index (χ1) is 10.1. The quantitative estimate of drug-likeness (QED) is 0.886. The van der Waals surface area contributed by atoms with E-state index < -0.39 is 0 Å². The van der Waals surface area contributed by atoms with E-state index in [-0.39, 0.29) is 11.8 Å². The molecule has 0 radical (unpaired) electrons. The van der Waals surface area contributed by atoms with Crippen LogP contribution >= 0.6 is 0 Å². The van der Waals surface area contributed by atoms with Gasteiger partial charge in [0.2, 0.25) is 5.91 Å². The highest BCUT2D eigenvalue weighted by atomic mass is 16.2. The first-order valence-corrected chi connectivity index (χ1v) is 6.60. The van der Waals surface area contributed by atoms with Crippen molar-refractivity contribution in [2.24, 2.45) is 0 Å². The van der Waals surface area contributed by atoms with Gasteiger partial charge in [0.25, 0.3) is 5.91 Å². The molecule has 0 saturated heterocycles. The number of carbonyl (C=O) groups excluding carboxylic acids is 2. The van der Waals surface area contributed by atoms with Crippen LogP contribution in [0.25, 0.3) is 0 Å². The predicted molar refractivity (Wildman–Crippen MR) is 76.7 cm³/mol. The van der Waals surface area contributed by atoms with Gasteiger partial charge in [0.05, 0.1) is 30.6 Å². The maximum Gasteiger partial charge on any atom is 0.251 e. The summed E-state index contributed by atoms with van der Waals surface area (Å²) >= 11 is 0. The Morgan fingerprint density at radius 1 is 1.33 bits per heavy atom. The molecule has 2 N–H and O–H groups in total. The molecule has 0 fully saturated rings. The number of aromatic nitrogens is 2. The maximum absolute atomic E-state index is 12.1. The minimum atomic E-state index is -0.195. The zero-order valence-corrected chi connectivity index (χ0v) is 11.5. The van der Waals surface area contributed by atoms with Gasteiger partial charge in [-0.05, 0) is 30.7 Å². The molecule has 0 spiro atoms. The van der Waals surface area contributed by atoms with Crippen LogP contribution in [0.4, 0.5) is 5.69 Å². The lowest BCUT2D eigenvalue weighted by atomic mass is 10.1. The van der Waals surface area contributed by atoms with Crippen molar-refractivity contribution < 1.29 is 9.59 Å². The fourth-order valence-electron chi connectivity index (χ4n) is 2.15. The highest BCUT2D eigenvalue weighted by Crippen LogP contribution is 2.23. The molecule has 1 aromatic carbocycles. The third kappa shape index (κ3) is 2.89. The van der Waals surface area contributed by atoms with Crippen LogP contribution in [0, 0.1) is 6.92 Å². The molecule has 2 amide bonds. The Morgan fingerprint density at radius 3 is 2.95 bits per heavy atom. The van der Waals surface area contributed by atoms with Crippen LogP contribution < -0.4 is 10.6 Å². The molecule has 6 nitrogen and oxygen atoms in total. The number of amides is 2. The smallest absolute Gasteiger partial charge is 0.251 e. The molecule has 1 aliphatic heterocycles. The van der Waals surface area contributed by atoms with Crippen molar-refractivity contribution in [3.63, 3.8) is 0 Å². The molecule has 0 bridgehead atoms. The molecule has 21 heavy (non-hydrogen) atoms. The van der Waals surface area contributed by atoms with Crippen LogP contribution in [-0.4, -0.2) is 21.8 Å². The number of aryl methyl sites for hydroxylation is 1. The van der Waals surface area contributed by atoms with Gasteiger partial charge in [-0.25, -0.2) is 0 Å². The van der Waals surface area contributed by atoms with Crippen LogP contribution in [0.2, 0.25) is 0 Å². The predicted octanol–water partition coefficient (Wildman–Crippen LogP) is 1.21. The standard InChI is InChI=1S/C15H14N4O2/c1-9-6-17-12(7-16-9)8-18-15(21)10-2-3-13-11(4-10)5-14(20)19-13/h2-4,6-7H,5,8H2,1H3,(H,18,21)(H,19,20). The van der Waals surface area contributed by atoms with Gasteiger partial charge in [0.15, 0.2) is 0 Å². The number of nitrogens with zero attached hydrogens (tertiary/aromatic N) is 2. The Kier molecular flexibility index (Phi) is 3.35. The molecule has 106 valence electrons. The van der Waals surface area contributed by atoms with E-state index >= 15 is 0 Å². The summed E-state index contributed by atoms with van der Waals surface area (Å²) in [6.45, 7) is 2.18. The Labute approximate surface area is 121 Å². The minimum absolute atomic E-state index is 0.0440. The zero-order valence-electron chi connectivity index (χ0n) is 11.5. The van der Waals surface area contributed by atoms with Crippen molar-refractivity contribution in [2.75, 3.05) is 5.32 Å². The number of rotatable bonds is 3. The molecule has 0 unspecified atom stereocenters. The average Bonchev–Trinajstić information content (AvgIpc) is 2.85. The summed E-state index contributed by atoms with van der Waals surface area (Å²) in [5.41, 5.74) is 3.70. The van der Waals surface area contributed by atoms with Crippen molar-refractivity contribution in [3.8, 4) is 0 Å². The van der Waals surface area contributed by atoms with Crippen molar-refractivity contribution in [1.29, 1.82) is 0 Å². The number of anilines is 1. The number of hydrogen-bond acceptors (Lipinski definition) is 4. The topological polar surface area (TPSA) is 84.0 Å². The number of fused-ring (bicyclic) bond motifs is 1. The molecule has 0 saturated carbocycles. The van der Waals surface area contributed by atoms with Crippen LogP contribution in [-0.2, 0) is 17.8 Å². The molecule has 1 aromatic heterocycles. The van der Waals surface area contributed by atoms with Gasteiger partial charge in [-0.3, -0.25) is 19.6 Å². The van der Waals surface area contributed by atoms with E-state index in [4.69, 9.17) is 0 Å². The van der Waals surface area contributed by atoms with Crippen molar-refractivity contribution in [2.45, 2.75) is 19.9 Å². The first kappa shape index (κ1) is 13.2. The monoisotopic (exact) mass is 282 g/mol. The van der Waals surface area contributed by atoms with Gasteiger partial charge < -0.3 is 10.6 Å². The van der Waals surface area contributed by atoms with Crippen LogP contribution in [0.5, 0.6) is 0 Å². The molecule has 0 aliphatic carbocycles. The molecule has 6 heteroatoms. The lowest BCUT2D eigenvalue weighted by Crippen LogP contribution is -2.23. The Morgan fingerprint density at radius 2 is 2.19 bits per heavy atom. The fraction of sp³-hybridized carbons (Fsp3) is 0.200. The molecule has 1 aliphatic rings. The van der Waals surface area contributed by atoms with Crippen LogP contribution in [0.1, 0.15) is 27.3 Å². The third-order valence-corrected chi connectivity index (χ3v) is 3.26. The fourth-order valence-corrected chi connectivity index (χ4v) is 2.15. The summed E-state index contributed by atoms with van der Waals surface area (Å²) in [6, 6.07) is 5.19. The lowest BCUT2D eigenvalue weighted by molar-refractivity contribution is -0.115. The molecule has 0 atom stereocenters. The zero-order chi connectivity index (χ0) is 14.8. The second kappa shape index (κ2) is 5.32. The summed E-state index contributed by atoms with van der Waals surface area (Å²) in [5, 5.41) is 5.53. The number of benzene rings is 1. The number of carbonyl (C=O) groups is 2. The highest BCUT2D eigenvalue weighted by Gasteiger charge is 2.19. The molecule has 2 heterocycles. The molecular weight excluding hydrogens is 268 g/mol. The molecule has 3 rings (SSSR count). The second-order valence-electron chi connectivity index (χ2n) is 4.93. The second-order valence-corrected chi connectivity index (χ2v) is 4.93. The maximum atomic E-state index is 12.1. The number of nitrogens with one attached hydrogen (secondary N) is 2. The van der Waals surface area contributed by atoms with Gasteiger partial charge in [-0.15, -0.1) is 0 Å². The van der Waals surface area contributed by atoms with Crippen molar-refractivity contribution >= 4 is 17.5 Å². The summed E-state index contributed by atoms with van der Waals surface area (Å²) < 4.78 is 0. The van der Waals surface area contributed by atoms with Crippen molar-refractivity contribution in [1.82, 2.24) is 15.3 Å². The summed E-state index contributed by atoms with van der Waals surface area (Å²) in [6.07, 6.45) is 3.62. The highest BCUT2D eigenvalue weighted by molar-refractivity contribution is 6.01. The Balaban J connectivity index is 1.67. The van der Waals surface area contributed by atoms with Crippen molar-refractivity contribution in [3.05, 3.63) is 53.1 Å². The molecular formula is C15H14N4O2. The van der Waals surface area contributed by atoms with E-state index in [0.717, 1.165) is 16.9 Å². The van der Waals surface area contributed by atoms with Gasteiger partial charge in [0.1, 0.15) is 0 Å². The van der Waals surface area contributed by atoms with Gasteiger partial charge in [-0.1, -0.05) is 0 Å². The van der Waals surface area contributed by atoms with E-state index in [1.807, 2.05) is 6.92 Å². The summed E-state index contributed by atoms with van der Waals surface area (Å²) in [4.78, 5) is 31.7. The van der Waals surface area contributed by atoms with E-state index in [2.05, 4.69) is 20.6 Å². The van der Waals surface area contributed by atoms with Gasteiger partial charge in [-0.2, -0.15) is 0 Å². The SMILES string of the molecule is Cc1cnc(CNC(=O)c2ccc3c(c2)CC(=O)N3)cn1. The summed E-state index contributed by atoms with van der Waals surface area (Å²) in [7, 11) is 0. The van der Waals surface area contributed by atoms with Gasteiger partial charge in [0, 0.05) is 17.4 Å². The van der Waals surface area contributed by atoms with Gasteiger partial charge >= 0.3 is 0 Å². The van der Waals surface area contributed by atoms with E-state index in [9.17, 15) is 9.59 Å². The normalized spacial score (nSPS) is 12.7. The van der Waals surface area contributed by atoms with E-state index in [1.165, 1.54) is 0 Å². The first-order valence-electron chi connectivity index (χ1n) is 6.60. The van der Waals surface area contributed by atoms with E-state index in [0.29, 0.717) is 24.2 Å². The third-order valence-electron chi connectivity index (χ3n) is 3.26. The summed E-state index contributed by atoms with van der Waals surface area (Å²) in [5.74, 6) is -0.239. The number of hydrogen-bond donors (Lipinski definition) is 2. The largest absolute Gasteiger partial charge is 0.346 e. The Hall–Kier alpha value is -2.76. The average molecular weight is 282 g/mol. The minimum Gasteiger partial charge on any atom is -0.346 e. The lowest BCUT2D eigenvalue weighted by Gasteiger charge is -2.06.